The predicted octanol–water partition coefficient (Wildman–Crippen LogP) is 2.29. The molecule has 7 fully saturated rings. The summed E-state index contributed by atoms with van der Waals surface area (Å²) in [5.74, 6) is -2.21. The molecule has 3 aliphatic heterocycles. The number of esters is 1. The molecule has 41 heavy (non-hydrogen) atoms. The van der Waals surface area contributed by atoms with Gasteiger partial charge in [-0.1, -0.05) is 27.7 Å². The zero-order valence-electron chi connectivity index (χ0n) is 23.9. The number of ether oxygens (including phenoxy) is 4. The fourth-order valence-corrected chi connectivity index (χ4v) is 11.3. The quantitative estimate of drug-likeness (QED) is 0.363. The Labute approximate surface area is 238 Å². The summed E-state index contributed by atoms with van der Waals surface area (Å²) in [6, 6.07) is 1.94. The van der Waals surface area contributed by atoms with Crippen LogP contribution in [-0.4, -0.2) is 76.3 Å². The van der Waals surface area contributed by atoms with Crippen molar-refractivity contribution in [3.63, 3.8) is 0 Å². The number of hydrogen-bond acceptors (Lipinski definition) is 10. The molecule has 0 radical (unpaired) electrons. The lowest BCUT2D eigenvalue weighted by Crippen LogP contribution is -2.86. The summed E-state index contributed by atoms with van der Waals surface area (Å²) >= 11 is 0. The van der Waals surface area contributed by atoms with Gasteiger partial charge in [0, 0.05) is 24.2 Å². The molecule has 0 unspecified atom stereocenters. The van der Waals surface area contributed by atoms with Gasteiger partial charge in [0.25, 0.3) is 0 Å². The Morgan fingerprint density at radius 3 is 2.66 bits per heavy atom. The molecular weight excluding hydrogens is 532 g/mol. The fraction of sp³-hybridized carbons (Fsp3) is 0.806. The smallest absolute Gasteiger partial charge is 0.308 e. The Kier molecular flexibility index (Phi) is 5.23. The van der Waals surface area contributed by atoms with Gasteiger partial charge in [-0.25, -0.2) is 0 Å². The van der Waals surface area contributed by atoms with E-state index in [-0.39, 0.29) is 49.6 Å². The van der Waals surface area contributed by atoms with Crippen molar-refractivity contribution < 1.29 is 48.3 Å². The van der Waals surface area contributed by atoms with Crippen LogP contribution in [0.5, 0.6) is 0 Å². The average Bonchev–Trinajstić information content (AvgIpc) is 3.29. The van der Waals surface area contributed by atoms with E-state index in [4.69, 9.17) is 23.4 Å². The zero-order chi connectivity index (χ0) is 28.9. The summed E-state index contributed by atoms with van der Waals surface area (Å²) in [7, 11) is 0. The Morgan fingerprint density at radius 1 is 1.17 bits per heavy atom. The van der Waals surface area contributed by atoms with Gasteiger partial charge in [-0.2, -0.15) is 0 Å². The largest absolute Gasteiger partial charge is 0.472 e. The highest BCUT2D eigenvalue weighted by Crippen LogP contribution is 2.84. The van der Waals surface area contributed by atoms with Gasteiger partial charge < -0.3 is 38.7 Å². The van der Waals surface area contributed by atoms with Gasteiger partial charge in [0.15, 0.2) is 12.6 Å². The number of aliphatic hydroxyl groups excluding tert-OH is 3. The molecule has 1 aromatic heterocycles. The van der Waals surface area contributed by atoms with Crippen LogP contribution in [0.4, 0.5) is 0 Å². The van der Waals surface area contributed by atoms with Gasteiger partial charge >= 0.3 is 5.97 Å². The number of aliphatic hydroxyl groups is 3. The Hall–Kier alpha value is -1.82. The summed E-state index contributed by atoms with van der Waals surface area (Å²) in [6.07, 6.45) is -0.477. The molecule has 1 aromatic rings. The van der Waals surface area contributed by atoms with Gasteiger partial charge in [0.2, 0.25) is 0 Å². The molecule has 224 valence electrons. The number of rotatable bonds is 4. The molecule has 8 rings (SSSR count). The lowest BCUT2D eigenvalue weighted by atomic mass is 9.32. The molecule has 10 heteroatoms. The van der Waals surface area contributed by atoms with Crippen LogP contribution in [-0.2, 0) is 28.5 Å². The molecule has 0 amide bonds. The minimum absolute atomic E-state index is 0.00902. The number of hydrogen-bond donors (Lipinski definition) is 3. The fourth-order valence-electron chi connectivity index (χ4n) is 11.3. The molecular formula is C31H40O10. The van der Waals surface area contributed by atoms with E-state index >= 15 is 0 Å². The second-order valence-electron chi connectivity index (χ2n) is 14.5. The van der Waals surface area contributed by atoms with E-state index < -0.39 is 76.0 Å². The van der Waals surface area contributed by atoms with Gasteiger partial charge in [-0.3, -0.25) is 9.59 Å². The van der Waals surface area contributed by atoms with Gasteiger partial charge in [0.05, 0.1) is 59.6 Å². The lowest BCUT2D eigenvalue weighted by Gasteiger charge is -2.76. The van der Waals surface area contributed by atoms with Crippen molar-refractivity contribution in [2.45, 2.75) is 108 Å². The van der Waals surface area contributed by atoms with Crippen molar-refractivity contribution >= 4 is 11.8 Å². The molecule has 7 aliphatic rings. The highest BCUT2D eigenvalue weighted by Gasteiger charge is 2.93. The molecule has 3 bridgehead atoms. The second-order valence-corrected chi connectivity index (χ2v) is 14.5. The Morgan fingerprint density at radius 2 is 1.95 bits per heavy atom. The molecule has 4 heterocycles. The van der Waals surface area contributed by atoms with Crippen molar-refractivity contribution in [3.8, 4) is 0 Å². The first-order valence-electron chi connectivity index (χ1n) is 15.2. The summed E-state index contributed by atoms with van der Waals surface area (Å²) < 4.78 is 30.6. The number of furan rings is 1. The van der Waals surface area contributed by atoms with E-state index in [1.807, 2.05) is 13.0 Å². The highest BCUT2D eigenvalue weighted by molar-refractivity contribution is 5.87. The van der Waals surface area contributed by atoms with Crippen LogP contribution >= 0.6 is 0 Å². The molecule has 3 N–H and O–H groups in total. The third kappa shape index (κ3) is 2.66. The Bertz CT molecular complexity index is 1300. The van der Waals surface area contributed by atoms with Gasteiger partial charge in [-0.15, -0.1) is 0 Å². The summed E-state index contributed by atoms with van der Waals surface area (Å²) in [6.45, 7) is 7.59. The molecule has 0 aromatic carbocycles. The molecule has 2 spiro atoms. The van der Waals surface area contributed by atoms with Crippen molar-refractivity contribution in [1.29, 1.82) is 0 Å². The van der Waals surface area contributed by atoms with E-state index in [0.29, 0.717) is 12.8 Å². The van der Waals surface area contributed by atoms with Crippen LogP contribution in [0.15, 0.2) is 23.0 Å². The Balaban J connectivity index is 1.27. The molecule has 4 saturated carbocycles. The number of carbonyl (C=O) groups is 2. The summed E-state index contributed by atoms with van der Waals surface area (Å²) in [4.78, 5) is 27.6. The third-order valence-corrected chi connectivity index (χ3v) is 13.4. The second kappa shape index (κ2) is 8.01. The number of epoxide rings is 1. The van der Waals surface area contributed by atoms with Crippen molar-refractivity contribution in [1.82, 2.24) is 0 Å². The van der Waals surface area contributed by atoms with E-state index in [2.05, 4.69) is 6.92 Å². The molecule has 4 aliphatic carbocycles. The zero-order valence-corrected chi connectivity index (χ0v) is 23.9. The van der Waals surface area contributed by atoms with Crippen LogP contribution in [0.3, 0.4) is 0 Å². The highest BCUT2D eigenvalue weighted by atomic mass is 16.7. The number of ketones is 1. The van der Waals surface area contributed by atoms with Crippen LogP contribution in [0, 0.1) is 39.4 Å². The maximum Gasteiger partial charge on any atom is 0.308 e. The monoisotopic (exact) mass is 572 g/mol. The normalized spacial score (nSPS) is 56.8. The molecule has 10 nitrogen and oxygen atoms in total. The molecule has 15 atom stereocenters. The van der Waals surface area contributed by atoms with Crippen molar-refractivity contribution in [2.24, 2.45) is 39.4 Å². The van der Waals surface area contributed by atoms with Crippen LogP contribution in [0.25, 0.3) is 0 Å². The maximum absolute atomic E-state index is 14.7. The third-order valence-electron chi connectivity index (χ3n) is 13.4. The first kappa shape index (κ1) is 26.8. The summed E-state index contributed by atoms with van der Waals surface area (Å²) in [5, 5.41) is 35.9. The minimum atomic E-state index is -1.38. The van der Waals surface area contributed by atoms with Gasteiger partial charge in [-0.05, 0) is 42.7 Å². The van der Waals surface area contributed by atoms with E-state index in [9.17, 15) is 24.9 Å². The van der Waals surface area contributed by atoms with Crippen LogP contribution in [0.2, 0.25) is 0 Å². The van der Waals surface area contributed by atoms with Gasteiger partial charge in [0.1, 0.15) is 17.5 Å². The molecule has 3 saturated heterocycles. The van der Waals surface area contributed by atoms with Crippen molar-refractivity contribution in [3.05, 3.63) is 24.2 Å². The standard InChI is InChI=1S/C31H40O10/c1-5-14(2)24(35)39-21-10-20(34)30-18-9-19(33)29(13-38-26(30)40-25(36)28(18,21)4)23(30)17(32)11-27(3)16(15-6-7-37-12-15)8-22-31(27,29)41-22/h6-7,12,14,16,18-23,25-26,33-34,36H,5,8-11,13H2,1-4H3/t14-,16+,18+,19+,20-,21-,22-,23-,25+,26-,27+,28-,29+,30+,31+/m0/s1. The van der Waals surface area contributed by atoms with E-state index in [1.54, 1.807) is 26.4 Å². The van der Waals surface area contributed by atoms with Crippen LogP contribution < -0.4 is 0 Å². The number of carbonyl (C=O) groups excluding carboxylic acids is 2. The maximum atomic E-state index is 14.7. The predicted molar refractivity (Wildman–Crippen MR) is 139 cm³/mol. The summed E-state index contributed by atoms with van der Waals surface area (Å²) in [5.41, 5.74) is -3.92. The van der Waals surface area contributed by atoms with E-state index in [1.165, 1.54) is 0 Å². The van der Waals surface area contributed by atoms with Crippen molar-refractivity contribution in [2.75, 3.05) is 6.61 Å². The lowest BCUT2D eigenvalue weighted by molar-refractivity contribution is -0.465. The SMILES string of the molecule is CC[C@H](C)C(=O)O[C@H]1C[C@H](O)[C@]23[C@H]4OC[C@@]5([C@H](O)C[C@@H]2[C@]1(C)[C@H](O)O4)[C@@H]3C(=O)C[C@]1(C)[C@@H](c2ccoc2)C[C@@H]2O[C@@]251. The average molecular weight is 573 g/mol. The topological polar surface area (TPSA) is 148 Å². The first-order valence-corrected chi connectivity index (χ1v) is 15.2. The minimum Gasteiger partial charge on any atom is -0.472 e. The first-order chi connectivity index (χ1) is 19.4. The van der Waals surface area contributed by atoms with Crippen LogP contribution in [0.1, 0.15) is 71.3 Å². The van der Waals surface area contributed by atoms with E-state index in [0.717, 1.165) is 5.56 Å². The number of Topliss-reactive ketones (excluding diaryl/α,β-unsaturated/α-hetero) is 1.